The molecule has 0 saturated heterocycles. The highest BCUT2D eigenvalue weighted by Gasteiger charge is 2.17. The molecule has 6 heteroatoms. The van der Waals surface area contributed by atoms with Crippen molar-refractivity contribution in [2.45, 2.75) is 58.5 Å². The quantitative estimate of drug-likeness (QED) is 0.606. The van der Waals surface area contributed by atoms with Gasteiger partial charge in [0.2, 0.25) is 0 Å². The van der Waals surface area contributed by atoms with Crippen molar-refractivity contribution < 1.29 is 4.79 Å². The zero-order valence-electron chi connectivity index (χ0n) is 18.9. The number of nitrogens with one attached hydrogen (secondary N) is 2. The van der Waals surface area contributed by atoms with Crippen molar-refractivity contribution in [1.82, 2.24) is 14.9 Å². The van der Waals surface area contributed by atoms with Gasteiger partial charge in [0.25, 0.3) is 11.5 Å². The van der Waals surface area contributed by atoms with Gasteiger partial charge in [0.05, 0.1) is 10.9 Å². The SMILES string of the molecule is CC(C)C(CNC(=O)c1ccc2c(=O)n3c(nc2c1)CCCCCC3)Nc1ccccc1. The Morgan fingerprint density at radius 3 is 2.62 bits per heavy atom. The molecule has 32 heavy (non-hydrogen) atoms. The lowest BCUT2D eigenvalue weighted by atomic mass is 10.0. The van der Waals surface area contributed by atoms with Crippen molar-refractivity contribution >= 4 is 22.5 Å². The molecular weight excluding hydrogens is 400 g/mol. The molecule has 1 aromatic heterocycles. The number of carbonyl (C=O) groups is 1. The molecule has 2 N–H and O–H groups in total. The van der Waals surface area contributed by atoms with E-state index in [9.17, 15) is 9.59 Å². The number of aromatic nitrogens is 2. The number of carbonyl (C=O) groups excluding carboxylic acids is 1. The van der Waals surface area contributed by atoms with E-state index in [1.165, 1.54) is 6.42 Å². The Kier molecular flexibility index (Phi) is 6.88. The summed E-state index contributed by atoms with van der Waals surface area (Å²) in [4.78, 5) is 30.7. The number of aryl methyl sites for hydroxylation is 1. The predicted octanol–water partition coefficient (Wildman–Crippen LogP) is 4.38. The number of fused-ring (bicyclic) bond motifs is 2. The minimum absolute atomic E-state index is 0.00536. The largest absolute Gasteiger partial charge is 0.380 e. The van der Waals surface area contributed by atoms with Gasteiger partial charge in [0.15, 0.2) is 0 Å². The van der Waals surface area contributed by atoms with E-state index < -0.39 is 0 Å². The average molecular weight is 433 g/mol. The van der Waals surface area contributed by atoms with E-state index in [0.717, 1.165) is 43.7 Å². The first-order valence-corrected chi connectivity index (χ1v) is 11.7. The molecule has 0 radical (unpaired) electrons. The van der Waals surface area contributed by atoms with Gasteiger partial charge in [0.1, 0.15) is 5.82 Å². The fraction of sp³-hybridized carbons (Fsp3) is 0.423. The van der Waals surface area contributed by atoms with E-state index in [-0.39, 0.29) is 17.5 Å². The van der Waals surface area contributed by atoms with E-state index in [1.54, 1.807) is 18.2 Å². The van der Waals surface area contributed by atoms with Crippen molar-refractivity contribution in [3.8, 4) is 0 Å². The van der Waals surface area contributed by atoms with Crippen LogP contribution in [0.1, 0.15) is 55.7 Å². The number of nitrogens with zero attached hydrogens (tertiary/aromatic N) is 2. The molecule has 168 valence electrons. The van der Waals surface area contributed by atoms with Crippen molar-refractivity contribution in [2.75, 3.05) is 11.9 Å². The Bertz CT molecular complexity index is 1140. The van der Waals surface area contributed by atoms with Crippen molar-refractivity contribution in [3.63, 3.8) is 0 Å². The van der Waals surface area contributed by atoms with Crippen LogP contribution in [0.15, 0.2) is 53.3 Å². The molecule has 3 aromatic rings. The third-order valence-electron chi connectivity index (χ3n) is 6.24. The number of amides is 1. The van der Waals surface area contributed by atoms with Crippen LogP contribution in [0.2, 0.25) is 0 Å². The van der Waals surface area contributed by atoms with Gasteiger partial charge in [0, 0.05) is 36.8 Å². The first kappa shape index (κ1) is 22.1. The van der Waals surface area contributed by atoms with Crippen LogP contribution in [0.5, 0.6) is 0 Å². The molecule has 4 rings (SSSR count). The molecule has 0 bridgehead atoms. The molecule has 1 amide bonds. The van der Waals surface area contributed by atoms with Gasteiger partial charge in [-0.15, -0.1) is 0 Å². The second-order valence-corrected chi connectivity index (χ2v) is 8.95. The molecular formula is C26H32N4O2. The summed E-state index contributed by atoms with van der Waals surface area (Å²) in [6, 6.07) is 15.3. The van der Waals surface area contributed by atoms with Gasteiger partial charge in [-0.05, 0) is 49.1 Å². The third-order valence-corrected chi connectivity index (χ3v) is 6.24. The van der Waals surface area contributed by atoms with E-state index in [4.69, 9.17) is 4.98 Å². The fourth-order valence-corrected chi connectivity index (χ4v) is 4.24. The first-order chi connectivity index (χ1) is 15.5. The van der Waals surface area contributed by atoms with Gasteiger partial charge in [-0.25, -0.2) is 4.98 Å². The van der Waals surface area contributed by atoms with Crippen LogP contribution in [0, 0.1) is 5.92 Å². The molecule has 0 aliphatic carbocycles. The number of anilines is 1. The zero-order valence-corrected chi connectivity index (χ0v) is 18.9. The third kappa shape index (κ3) is 5.01. The first-order valence-electron chi connectivity index (χ1n) is 11.7. The van der Waals surface area contributed by atoms with Gasteiger partial charge in [-0.1, -0.05) is 44.9 Å². The Labute approximate surface area is 189 Å². The normalized spacial score (nSPS) is 15.0. The zero-order chi connectivity index (χ0) is 22.5. The van der Waals surface area contributed by atoms with Crippen LogP contribution in [-0.2, 0) is 13.0 Å². The highest BCUT2D eigenvalue weighted by atomic mass is 16.1. The maximum Gasteiger partial charge on any atom is 0.261 e. The summed E-state index contributed by atoms with van der Waals surface area (Å²) in [5, 5.41) is 7.12. The van der Waals surface area contributed by atoms with Gasteiger partial charge in [-0.2, -0.15) is 0 Å². The molecule has 0 saturated carbocycles. The highest BCUT2D eigenvalue weighted by Crippen LogP contribution is 2.17. The summed E-state index contributed by atoms with van der Waals surface area (Å²) in [6.07, 6.45) is 5.19. The van der Waals surface area contributed by atoms with Crippen LogP contribution in [0.25, 0.3) is 10.9 Å². The van der Waals surface area contributed by atoms with Gasteiger partial charge >= 0.3 is 0 Å². The maximum absolute atomic E-state index is 13.0. The number of hydrogen-bond donors (Lipinski definition) is 2. The average Bonchev–Trinajstić information content (AvgIpc) is 2.78. The predicted molar refractivity (Wildman–Crippen MR) is 129 cm³/mol. The second-order valence-electron chi connectivity index (χ2n) is 8.95. The standard InChI is InChI=1S/C26H32N4O2/c1-18(2)23(28-20-10-6-5-7-11-20)17-27-25(31)19-13-14-21-22(16-19)29-24-12-8-3-4-9-15-30(24)26(21)32/h5-7,10-11,13-14,16,18,23,28H,3-4,8-9,12,15,17H2,1-2H3,(H,27,31). The number of benzene rings is 2. The molecule has 2 aromatic carbocycles. The van der Waals surface area contributed by atoms with Crippen LogP contribution in [-0.4, -0.2) is 28.0 Å². The van der Waals surface area contributed by atoms with Gasteiger partial charge in [-0.3, -0.25) is 14.2 Å². The van der Waals surface area contributed by atoms with E-state index >= 15 is 0 Å². The minimum atomic E-state index is -0.152. The van der Waals surface area contributed by atoms with E-state index in [1.807, 2.05) is 34.9 Å². The van der Waals surface area contributed by atoms with Crippen molar-refractivity contribution in [1.29, 1.82) is 0 Å². The maximum atomic E-state index is 13.0. The number of para-hydroxylation sites is 1. The smallest absolute Gasteiger partial charge is 0.261 e. The Morgan fingerprint density at radius 1 is 1.06 bits per heavy atom. The highest BCUT2D eigenvalue weighted by molar-refractivity contribution is 5.97. The van der Waals surface area contributed by atoms with Crippen molar-refractivity contribution in [2.24, 2.45) is 5.92 Å². The number of hydrogen-bond acceptors (Lipinski definition) is 4. The molecule has 2 heterocycles. The number of rotatable bonds is 6. The fourth-order valence-electron chi connectivity index (χ4n) is 4.24. The Balaban J connectivity index is 1.51. The Hall–Kier alpha value is -3.15. The monoisotopic (exact) mass is 432 g/mol. The molecule has 1 aliphatic heterocycles. The van der Waals surface area contributed by atoms with Gasteiger partial charge < -0.3 is 10.6 Å². The summed E-state index contributed by atoms with van der Waals surface area (Å²) in [7, 11) is 0. The molecule has 1 unspecified atom stereocenters. The Morgan fingerprint density at radius 2 is 1.84 bits per heavy atom. The van der Waals surface area contributed by atoms with Crippen LogP contribution >= 0.6 is 0 Å². The van der Waals surface area contributed by atoms with Crippen LogP contribution < -0.4 is 16.2 Å². The summed E-state index contributed by atoms with van der Waals surface area (Å²) < 4.78 is 1.82. The lowest BCUT2D eigenvalue weighted by Crippen LogP contribution is -2.39. The molecule has 1 atom stereocenters. The lowest BCUT2D eigenvalue weighted by molar-refractivity contribution is 0.0950. The summed E-state index contributed by atoms with van der Waals surface area (Å²) in [5.41, 5.74) is 2.18. The molecule has 0 fully saturated rings. The van der Waals surface area contributed by atoms with E-state index in [2.05, 4.69) is 24.5 Å². The summed E-state index contributed by atoms with van der Waals surface area (Å²) in [5.74, 6) is 1.03. The van der Waals surface area contributed by atoms with Crippen molar-refractivity contribution in [3.05, 3.63) is 70.3 Å². The minimum Gasteiger partial charge on any atom is -0.380 e. The van der Waals surface area contributed by atoms with E-state index in [0.29, 0.717) is 28.9 Å². The topological polar surface area (TPSA) is 76.0 Å². The lowest BCUT2D eigenvalue weighted by Gasteiger charge is -2.24. The summed E-state index contributed by atoms with van der Waals surface area (Å²) in [6.45, 7) is 5.50. The molecule has 1 aliphatic rings. The molecule has 0 spiro atoms. The second kappa shape index (κ2) is 9.98. The summed E-state index contributed by atoms with van der Waals surface area (Å²) >= 11 is 0. The molecule has 6 nitrogen and oxygen atoms in total. The van der Waals surface area contributed by atoms with Crippen LogP contribution in [0.4, 0.5) is 5.69 Å². The van der Waals surface area contributed by atoms with Crippen LogP contribution in [0.3, 0.4) is 0 Å².